The van der Waals surface area contributed by atoms with Crippen molar-refractivity contribution < 1.29 is 9.59 Å². The van der Waals surface area contributed by atoms with Crippen molar-refractivity contribution in [1.82, 2.24) is 9.88 Å². The maximum absolute atomic E-state index is 12.9. The first-order valence-electron chi connectivity index (χ1n) is 8.64. The number of para-hydroxylation sites is 2. The van der Waals surface area contributed by atoms with Crippen LogP contribution in [-0.4, -0.2) is 41.3 Å². The SMILES string of the molecule is CN(C(=O)c1ccc2ccccc2n1)C1CCN(c2ccccc2)C1=O. The maximum Gasteiger partial charge on any atom is 0.272 e. The summed E-state index contributed by atoms with van der Waals surface area (Å²) < 4.78 is 0. The van der Waals surface area contributed by atoms with Gasteiger partial charge in [0.1, 0.15) is 11.7 Å². The Morgan fingerprint density at radius 2 is 1.77 bits per heavy atom. The van der Waals surface area contributed by atoms with Crippen molar-refractivity contribution in [3.63, 3.8) is 0 Å². The van der Waals surface area contributed by atoms with E-state index in [1.54, 1.807) is 18.0 Å². The smallest absolute Gasteiger partial charge is 0.272 e. The van der Waals surface area contributed by atoms with Gasteiger partial charge in [-0.05, 0) is 30.7 Å². The third kappa shape index (κ3) is 2.81. The molecule has 3 aromatic rings. The minimum Gasteiger partial charge on any atom is -0.328 e. The molecule has 1 aliphatic rings. The van der Waals surface area contributed by atoms with Crippen LogP contribution in [0, 0.1) is 0 Å². The first-order chi connectivity index (χ1) is 12.6. The molecule has 1 aliphatic heterocycles. The highest BCUT2D eigenvalue weighted by molar-refractivity contribution is 6.03. The average molecular weight is 345 g/mol. The van der Waals surface area contributed by atoms with Crippen molar-refractivity contribution in [2.24, 2.45) is 0 Å². The molecule has 2 aromatic carbocycles. The third-order valence-electron chi connectivity index (χ3n) is 4.85. The largest absolute Gasteiger partial charge is 0.328 e. The summed E-state index contributed by atoms with van der Waals surface area (Å²) in [5.74, 6) is -0.281. The zero-order valence-corrected chi connectivity index (χ0v) is 14.5. The standard InChI is InChI=1S/C21H19N3O2/c1-23(19-13-14-24(21(19)26)16-8-3-2-4-9-16)20(25)18-12-11-15-7-5-6-10-17(15)22-18/h2-12,19H,13-14H2,1H3. The number of aromatic nitrogens is 1. The molecule has 0 aliphatic carbocycles. The monoisotopic (exact) mass is 345 g/mol. The number of hydrogen-bond donors (Lipinski definition) is 0. The fraction of sp³-hybridized carbons (Fsp3) is 0.190. The molecule has 1 atom stereocenters. The number of fused-ring (bicyclic) bond motifs is 1. The zero-order valence-electron chi connectivity index (χ0n) is 14.5. The lowest BCUT2D eigenvalue weighted by molar-refractivity contribution is -0.120. The Balaban J connectivity index is 1.56. The molecule has 0 saturated carbocycles. The van der Waals surface area contributed by atoms with Crippen LogP contribution >= 0.6 is 0 Å². The number of pyridine rings is 1. The Bertz CT molecular complexity index is 971. The fourth-order valence-electron chi connectivity index (χ4n) is 3.40. The van der Waals surface area contributed by atoms with E-state index in [1.165, 1.54) is 4.90 Å². The van der Waals surface area contributed by atoms with Gasteiger partial charge in [-0.1, -0.05) is 42.5 Å². The molecule has 1 aromatic heterocycles. The van der Waals surface area contributed by atoms with Crippen LogP contribution in [0.3, 0.4) is 0 Å². The second-order valence-electron chi connectivity index (χ2n) is 6.44. The number of carbonyl (C=O) groups is 2. The van der Waals surface area contributed by atoms with Gasteiger partial charge in [-0.3, -0.25) is 9.59 Å². The summed E-state index contributed by atoms with van der Waals surface area (Å²) >= 11 is 0. The van der Waals surface area contributed by atoms with Gasteiger partial charge in [-0.25, -0.2) is 4.98 Å². The van der Waals surface area contributed by atoms with Crippen molar-refractivity contribution in [2.45, 2.75) is 12.5 Å². The van der Waals surface area contributed by atoms with Crippen LogP contribution in [0.5, 0.6) is 0 Å². The van der Waals surface area contributed by atoms with E-state index in [9.17, 15) is 9.59 Å². The van der Waals surface area contributed by atoms with Gasteiger partial charge >= 0.3 is 0 Å². The van der Waals surface area contributed by atoms with Crippen molar-refractivity contribution >= 4 is 28.4 Å². The van der Waals surface area contributed by atoms with Crippen molar-refractivity contribution in [3.05, 3.63) is 72.4 Å². The minimum absolute atomic E-state index is 0.0483. The summed E-state index contributed by atoms with van der Waals surface area (Å²) in [5.41, 5.74) is 2.00. The van der Waals surface area contributed by atoms with E-state index in [-0.39, 0.29) is 11.8 Å². The quantitative estimate of drug-likeness (QED) is 0.733. The molecule has 0 bridgehead atoms. The molecule has 2 heterocycles. The Labute approximate surface area is 151 Å². The second kappa shape index (κ2) is 6.59. The highest BCUT2D eigenvalue weighted by Gasteiger charge is 2.37. The van der Waals surface area contributed by atoms with Crippen LogP contribution in [0.15, 0.2) is 66.7 Å². The van der Waals surface area contributed by atoms with Crippen LogP contribution in [0.2, 0.25) is 0 Å². The molecular weight excluding hydrogens is 326 g/mol. The van der Waals surface area contributed by atoms with Crippen molar-refractivity contribution in [3.8, 4) is 0 Å². The van der Waals surface area contributed by atoms with Crippen molar-refractivity contribution in [1.29, 1.82) is 0 Å². The fourth-order valence-corrected chi connectivity index (χ4v) is 3.40. The maximum atomic E-state index is 12.9. The van der Waals surface area contributed by atoms with E-state index in [0.717, 1.165) is 16.6 Å². The van der Waals surface area contributed by atoms with E-state index < -0.39 is 6.04 Å². The number of carbonyl (C=O) groups excluding carboxylic acids is 2. The van der Waals surface area contributed by atoms with E-state index in [0.29, 0.717) is 18.7 Å². The highest BCUT2D eigenvalue weighted by atomic mass is 16.2. The molecule has 5 nitrogen and oxygen atoms in total. The number of rotatable bonds is 3. The van der Waals surface area contributed by atoms with E-state index in [2.05, 4.69) is 4.98 Å². The normalized spacial score (nSPS) is 16.9. The van der Waals surface area contributed by atoms with E-state index in [1.807, 2.05) is 60.7 Å². The highest BCUT2D eigenvalue weighted by Crippen LogP contribution is 2.24. The van der Waals surface area contributed by atoms with Gasteiger partial charge in [0, 0.05) is 24.7 Å². The number of anilines is 1. The Kier molecular flexibility index (Phi) is 4.13. The first-order valence-corrected chi connectivity index (χ1v) is 8.64. The second-order valence-corrected chi connectivity index (χ2v) is 6.44. The summed E-state index contributed by atoms with van der Waals surface area (Å²) in [4.78, 5) is 33.4. The summed E-state index contributed by atoms with van der Waals surface area (Å²) in [7, 11) is 1.68. The van der Waals surface area contributed by atoms with Crippen LogP contribution in [0.1, 0.15) is 16.9 Å². The predicted molar refractivity (Wildman–Crippen MR) is 101 cm³/mol. The lowest BCUT2D eigenvalue weighted by atomic mass is 10.1. The molecule has 1 unspecified atom stereocenters. The topological polar surface area (TPSA) is 53.5 Å². The first kappa shape index (κ1) is 16.3. The Hall–Kier alpha value is -3.21. The molecule has 0 N–H and O–H groups in total. The van der Waals surface area contributed by atoms with Gasteiger partial charge in [0.15, 0.2) is 0 Å². The van der Waals surface area contributed by atoms with Crippen LogP contribution in [0.25, 0.3) is 10.9 Å². The summed E-state index contributed by atoms with van der Waals surface area (Å²) in [6.45, 7) is 0.607. The minimum atomic E-state index is -0.462. The molecule has 26 heavy (non-hydrogen) atoms. The average Bonchev–Trinajstić information content (AvgIpc) is 3.08. The molecule has 1 saturated heterocycles. The molecule has 5 heteroatoms. The predicted octanol–water partition coefficient (Wildman–Crippen LogP) is 3.11. The molecule has 0 spiro atoms. The van der Waals surface area contributed by atoms with Gasteiger partial charge in [0.25, 0.3) is 5.91 Å². The number of nitrogens with zero attached hydrogens (tertiary/aromatic N) is 3. The summed E-state index contributed by atoms with van der Waals surface area (Å²) in [5, 5.41) is 0.985. The van der Waals surface area contributed by atoms with Gasteiger partial charge < -0.3 is 9.80 Å². The number of hydrogen-bond acceptors (Lipinski definition) is 3. The molecule has 2 amide bonds. The number of amides is 2. The van der Waals surface area contributed by atoms with Crippen LogP contribution in [-0.2, 0) is 4.79 Å². The molecule has 1 fully saturated rings. The lowest BCUT2D eigenvalue weighted by Gasteiger charge is -2.24. The molecule has 4 rings (SSSR count). The van der Waals surface area contributed by atoms with E-state index >= 15 is 0 Å². The lowest BCUT2D eigenvalue weighted by Crippen LogP contribution is -2.43. The number of benzene rings is 2. The van der Waals surface area contributed by atoms with E-state index in [4.69, 9.17) is 0 Å². The van der Waals surface area contributed by atoms with Gasteiger partial charge in [0.05, 0.1) is 5.52 Å². The van der Waals surface area contributed by atoms with Gasteiger partial charge in [-0.15, -0.1) is 0 Å². The molecule has 130 valence electrons. The molecule has 0 radical (unpaired) electrons. The van der Waals surface area contributed by atoms with Crippen LogP contribution in [0.4, 0.5) is 5.69 Å². The summed E-state index contributed by atoms with van der Waals surface area (Å²) in [6.07, 6.45) is 0.615. The molecular formula is C21H19N3O2. The summed E-state index contributed by atoms with van der Waals surface area (Å²) in [6, 6.07) is 20.4. The zero-order chi connectivity index (χ0) is 18.1. The Morgan fingerprint density at radius 1 is 1.04 bits per heavy atom. The van der Waals surface area contributed by atoms with Gasteiger partial charge in [-0.2, -0.15) is 0 Å². The Morgan fingerprint density at radius 3 is 2.58 bits per heavy atom. The number of likely N-dealkylation sites (N-methyl/N-ethyl adjacent to an activating group) is 1. The van der Waals surface area contributed by atoms with Gasteiger partial charge in [0.2, 0.25) is 5.91 Å². The third-order valence-corrected chi connectivity index (χ3v) is 4.85. The van der Waals surface area contributed by atoms with Crippen molar-refractivity contribution in [2.75, 3.05) is 18.5 Å². The van der Waals surface area contributed by atoms with Crippen LogP contribution < -0.4 is 4.90 Å².